The van der Waals surface area contributed by atoms with Gasteiger partial charge in [0.1, 0.15) is 0 Å². The summed E-state index contributed by atoms with van der Waals surface area (Å²) >= 11 is 11.7. The van der Waals surface area contributed by atoms with Gasteiger partial charge in [-0.2, -0.15) is 0 Å². The van der Waals surface area contributed by atoms with Crippen LogP contribution in [0, 0.1) is 0 Å². The van der Waals surface area contributed by atoms with Gasteiger partial charge in [-0.05, 0) is 48.0 Å². The van der Waals surface area contributed by atoms with Crippen molar-refractivity contribution in [1.82, 2.24) is 19.9 Å². The quantitative estimate of drug-likeness (QED) is 0.411. The van der Waals surface area contributed by atoms with Gasteiger partial charge in [0.15, 0.2) is 11.5 Å². The van der Waals surface area contributed by atoms with Crippen LogP contribution in [0.25, 0.3) is 5.65 Å². The largest absolute Gasteiger partial charge is 0.348 e. The normalized spacial score (nSPS) is 11.4. The molecule has 0 bridgehead atoms. The van der Waals surface area contributed by atoms with E-state index in [2.05, 4.69) is 20.2 Å². The molecule has 11 heteroatoms. The number of nitrogens with zero attached hydrogens (tertiary/aromatic N) is 3. The number of anilines is 1. The van der Waals surface area contributed by atoms with Gasteiger partial charge in [0.05, 0.1) is 27.9 Å². The van der Waals surface area contributed by atoms with Crippen molar-refractivity contribution < 1.29 is 13.2 Å². The van der Waals surface area contributed by atoms with E-state index < -0.39 is 10.0 Å². The van der Waals surface area contributed by atoms with E-state index in [0.717, 1.165) is 5.56 Å². The molecule has 164 valence electrons. The van der Waals surface area contributed by atoms with Gasteiger partial charge < -0.3 is 5.32 Å². The first-order valence-electron chi connectivity index (χ1n) is 9.44. The first-order chi connectivity index (χ1) is 15.3. The van der Waals surface area contributed by atoms with E-state index in [4.69, 9.17) is 23.2 Å². The summed E-state index contributed by atoms with van der Waals surface area (Å²) in [5.41, 5.74) is 1.79. The van der Waals surface area contributed by atoms with Crippen LogP contribution >= 0.6 is 23.2 Å². The van der Waals surface area contributed by atoms with Crippen molar-refractivity contribution in [2.45, 2.75) is 17.9 Å². The van der Waals surface area contributed by atoms with Crippen LogP contribution in [0.1, 0.15) is 11.4 Å². The Morgan fingerprint density at radius 1 is 0.969 bits per heavy atom. The van der Waals surface area contributed by atoms with Crippen LogP contribution < -0.4 is 10.0 Å². The molecule has 0 radical (unpaired) electrons. The summed E-state index contributed by atoms with van der Waals surface area (Å²) < 4.78 is 29.3. The lowest BCUT2D eigenvalue weighted by molar-refractivity contribution is -0.120. The fourth-order valence-corrected chi connectivity index (χ4v) is 4.43. The molecular weight excluding hydrogens is 473 g/mol. The summed E-state index contributed by atoms with van der Waals surface area (Å²) in [5.74, 6) is 0.433. The molecule has 8 nitrogen and oxygen atoms in total. The highest BCUT2D eigenvalue weighted by Gasteiger charge is 2.16. The lowest BCUT2D eigenvalue weighted by Crippen LogP contribution is -2.25. The van der Waals surface area contributed by atoms with Gasteiger partial charge >= 0.3 is 0 Å². The SMILES string of the molecule is O=C(Cc1ccc(NS(=O)(=O)c2ccc(Cl)c(Cl)c2)cc1)NCc1nnc2ccccn12. The van der Waals surface area contributed by atoms with Gasteiger partial charge in [0.25, 0.3) is 10.0 Å². The minimum atomic E-state index is -3.83. The average Bonchev–Trinajstić information content (AvgIpc) is 3.18. The number of carbonyl (C=O) groups is 1. The average molecular weight is 490 g/mol. The highest BCUT2D eigenvalue weighted by molar-refractivity contribution is 7.92. The molecule has 0 spiro atoms. The van der Waals surface area contributed by atoms with Crippen molar-refractivity contribution in [2.24, 2.45) is 0 Å². The Kier molecular flexibility index (Phi) is 6.31. The molecule has 0 saturated carbocycles. The molecule has 2 aromatic carbocycles. The Hall–Kier alpha value is -3.14. The van der Waals surface area contributed by atoms with Crippen molar-refractivity contribution in [1.29, 1.82) is 0 Å². The Balaban J connectivity index is 1.36. The van der Waals surface area contributed by atoms with E-state index in [1.54, 1.807) is 28.7 Å². The number of sulfonamides is 1. The molecule has 0 aliphatic rings. The van der Waals surface area contributed by atoms with Gasteiger partial charge in [0, 0.05) is 11.9 Å². The Labute approximate surface area is 194 Å². The molecule has 0 unspecified atom stereocenters. The molecular formula is C21H17Cl2N5O3S. The van der Waals surface area contributed by atoms with Crippen LogP contribution in [0.3, 0.4) is 0 Å². The minimum absolute atomic E-state index is 0.00337. The number of hydrogen-bond acceptors (Lipinski definition) is 5. The fourth-order valence-electron chi connectivity index (χ4n) is 2.99. The van der Waals surface area contributed by atoms with Crippen molar-refractivity contribution in [2.75, 3.05) is 4.72 Å². The number of pyridine rings is 1. The molecule has 4 aromatic rings. The maximum atomic E-state index is 12.5. The predicted octanol–water partition coefficient (Wildman–Crippen LogP) is 3.70. The summed E-state index contributed by atoms with van der Waals surface area (Å²) in [6.45, 7) is 0.242. The number of halogens is 2. The van der Waals surface area contributed by atoms with Crippen molar-refractivity contribution in [3.05, 3.63) is 88.3 Å². The van der Waals surface area contributed by atoms with Crippen molar-refractivity contribution >= 4 is 50.5 Å². The summed E-state index contributed by atoms with van der Waals surface area (Å²) in [5, 5.41) is 11.3. The Morgan fingerprint density at radius 2 is 1.75 bits per heavy atom. The van der Waals surface area contributed by atoms with E-state index in [-0.39, 0.29) is 33.8 Å². The molecule has 4 rings (SSSR count). The van der Waals surface area contributed by atoms with Crippen LogP contribution in [-0.2, 0) is 27.8 Å². The Morgan fingerprint density at radius 3 is 2.50 bits per heavy atom. The summed E-state index contributed by atoms with van der Waals surface area (Å²) in [4.78, 5) is 12.3. The molecule has 0 aliphatic carbocycles. The third-order valence-corrected chi connectivity index (χ3v) is 6.72. The predicted molar refractivity (Wildman–Crippen MR) is 122 cm³/mol. The summed E-state index contributed by atoms with van der Waals surface area (Å²) in [6.07, 6.45) is 1.96. The third-order valence-electron chi connectivity index (χ3n) is 4.60. The summed E-state index contributed by atoms with van der Waals surface area (Å²) in [6, 6.07) is 16.2. The topological polar surface area (TPSA) is 105 Å². The number of nitrogens with one attached hydrogen (secondary N) is 2. The van der Waals surface area contributed by atoms with Gasteiger partial charge in [-0.1, -0.05) is 41.4 Å². The standard InChI is InChI=1S/C21H17Cl2N5O3S/c22-17-9-8-16(12-18(17)23)32(30,31)27-15-6-4-14(5-7-15)11-21(29)24-13-20-26-25-19-3-1-2-10-28(19)20/h1-10,12,27H,11,13H2,(H,24,29). The van der Waals surface area contributed by atoms with Gasteiger partial charge in [0.2, 0.25) is 5.91 Å². The number of aromatic nitrogens is 3. The summed E-state index contributed by atoms with van der Waals surface area (Å²) in [7, 11) is -3.83. The van der Waals surface area contributed by atoms with Gasteiger partial charge in [-0.3, -0.25) is 13.9 Å². The molecule has 32 heavy (non-hydrogen) atoms. The molecule has 0 aliphatic heterocycles. The Bertz CT molecular complexity index is 1390. The molecule has 1 amide bonds. The lowest BCUT2D eigenvalue weighted by Gasteiger charge is -2.10. The number of amides is 1. The van der Waals surface area contributed by atoms with Gasteiger partial charge in [-0.25, -0.2) is 8.42 Å². The van der Waals surface area contributed by atoms with E-state index in [1.165, 1.54) is 18.2 Å². The van der Waals surface area contributed by atoms with Crippen LogP contribution in [0.4, 0.5) is 5.69 Å². The van der Waals surface area contributed by atoms with Crippen molar-refractivity contribution in [3.8, 4) is 0 Å². The van der Waals surface area contributed by atoms with E-state index in [0.29, 0.717) is 17.2 Å². The lowest BCUT2D eigenvalue weighted by atomic mass is 10.1. The second kappa shape index (κ2) is 9.15. The van der Waals surface area contributed by atoms with Crippen LogP contribution in [0.2, 0.25) is 10.0 Å². The van der Waals surface area contributed by atoms with Crippen LogP contribution in [-0.4, -0.2) is 28.9 Å². The van der Waals surface area contributed by atoms with Gasteiger partial charge in [-0.15, -0.1) is 10.2 Å². The van der Waals surface area contributed by atoms with E-state index in [1.807, 2.05) is 24.4 Å². The smallest absolute Gasteiger partial charge is 0.261 e. The maximum absolute atomic E-state index is 12.5. The van der Waals surface area contributed by atoms with Crippen LogP contribution in [0.5, 0.6) is 0 Å². The highest BCUT2D eigenvalue weighted by atomic mass is 35.5. The van der Waals surface area contributed by atoms with Crippen molar-refractivity contribution in [3.63, 3.8) is 0 Å². The second-order valence-electron chi connectivity index (χ2n) is 6.88. The monoisotopic (exact) mass is 489 g/mol. The number of benzene rings is 2. The molecule has 0 fully saturated rings. The number of fused-ring (bicyclic) bond motifs is 1. The molecule has 0 saturated heterocycles. The minimum Gasteiger partial charge on any atom is -0.348 e. The maximum Gasteiger partial charge on any atom is 0.261 e. The number of hydrogen-bond donors (Lipinski definition) is 2. The second-order valence-corrected chi connectivity index (χ2v) is 9.37. The molecule has 2 heterocycles. The molecule has 2 aromatic heterocycles. The molecule has 0 atom stereocenters. The number of rotatable bonds is 7. The zero-order chi connectivity index (χ0) is 22.7. The number of carbonyl (C=O) groups excluding carboxylic acids is 1. The van der Waals surface area contributed by atoms with E-state index >= 15 is 0 Å². The molecule has 2 N–H and O–H groups in total. The first-order valence-corrected chi connectivity index (χ1v) is 11.7. The zero-order valence-electron chi connectivity index (χ0n) is 16.5. The zero-order valence-corrected chi connectivity index (χ0v) is 18.8. The van der Waals surface area contributed by atoms with E-state index in [9.17, 15) is 13.2 Å². The van der Waals surface area contributed by atoms with Crippen LogP contribution in [0.15, 0.2) is 71.8 Å². The fraction of sp³-hybridized carbons (Fsp3) is 0.0952. The highest BCUT2D eigenvalue weighted by Crippen LogP contribution is 2.26. The third kappa shape index (κ3) is 5.01. The first kappa shape index (κ1) is 22.1.